The fraction of sp³-hybridized carbons (Fsp3) is 0.889. The SMILES string of the molecule is CCCOCC[C@H](NCC)C(=O)O.Cl. The molecule has 0 saturated heterocycles. The van der Waals surface area contributed by atoms with Crippen molar-refractivity contribution >= 4 is 18.4 Å². The standard InChI is InChI=1S/C9H19NO3.ClH/c1-3-6-13-7-5-8(9(11)12)10-4-2;/h8,10H,3-7H2,1-2H3,(H,11,12);1H/t8-;/m0./s1. The van der Waals surface area contributed by atoms with Crippen LogP contribution in [-0.2, 0) is 9.53 Å². The fourth-order valence-corrected chi connectivity index (χ4v) is 1.01. The molecule has 0 aliphatic carbocycles. The maximum atomic E-state index is 10.6. The summed E-state index contributed by atoms with van der Waals surface area (Å²) in [7, 11) is 0. The molecule has 0 heterocycles. The van der Waals surface area contributed by atoms with Gasteiger partial charge in [0.1, 0.15) is 6.04 Å². The van der Waals surface area contributed by atoms with Crippen molar-refractivity contribution in [1.29, 1.82) is 0 Å². The molecule has 0 spiro atoms. The highest BCUT2D eigenvalue weighted by molar-refractivity contribution is 5.85. The summed E-state index contributed by atoms with van der Waals surface area (Å²) >= 11 is 0. The van der Waals surface area contributed by atoms with Crippen LogP contribution in [0.15, 0.2) is 0 Å². The molecule has 4 nitrogen and oxygen atoms in total. The van der Waals surface area contributed by atoms with E-state index in [1.54, 1.807) is 0 Å². The number of carboxylic acids is 1. The number of carboxylic acid groups (broad SMARTS) is 1. The summed E-state index contributed by atoms with van der Waals surface area (Å²) < 4.78 is 5.21. The number of nitrogens with one attached hydrogen (secondary N) is 1. The van der Waals surface area contributed by atoms with Gasteiger partial charge in [0.2, 0.25) is 0 Å². The van der Waals surface area contributed by atoms with Gasteiger partial charge in [-0.15, -0.1) is 12.4 Å². The minimum atomic E-state index is -0.804. The lowest BCUT2D eigenvalue weighted by molar-refractivity contribution is -0.140. The van der Waals surface area contributed by atoms with Crippen molar-refractivity contribution in [2.45, 2.75) is 32.7 Å². The van der Waals surface area contributed by atoms with E-state index in [1.165, 1.54) is 0 Å². The number of aliphatic carboxylic acids is 1. The Morgan fingerprint density at radius 1 is 1.43 bits per heavy atom. The summed E-state index contributed by atoms with van der Waals surface area (Å²) in [6.45, 7) is 5.81. The maximum absolute atomic E-state index is 10.6. The summed E-state index contributed by atoms with van der Waals surface area (Å²) in [5, 5.41) is 11.6. The zero-order chi connectivity index (χ0) is 10.1. The lowest BCUT2D eigenvalue weighted by atomic mass is 10.2. The smallest absolute Gasteiger partial charge is 0.320 e. The molecule has 0 aromatic carbocycles. The molecular weight excluding hydrogens is 206 g/mol. The summed E-state index contributed by atoms with van der Waals surface area (Å²) in [6, 6.07) is -0.471. The second-order valence-corrected chi connectivity index (χ2v) is 2.85. The molecule has 0 bridgehead atoms. The van der Waals surface area contributed by atoms with Crippen molar-refractivity contribution in [3.8, 4) is 0 Å². The summed E-state index contributed by atoms with van der Waals surface area (Å²) in [5.74, 6) is -0.804. The van der Waals surface area contributed by atoms with Crippen LogP contribution in [0.3, 0.4) is 0 Å². The third-order valence-electron chi connectivity index (χ3n) is 1.65. The van der Waals surface area contributed by atoms with Gasteiger partial charge in [-0.2, -0.15) is 0 Å². The zero-order valence-electron chi connectivity index (χ0n) is 8.78. The van der Waals surface area contributed by atoms with E-state index in [4.69, 9.17) is 9.84 Å². The van der Waals surface area contributed by atoms with Crippen LogP contribution in [0.2, 0.25) is 0 Å². The molecule has 0 saturated carbocycles. The molecule has 0 aromatic heterocycles. The van der Waals surface area contributed by atoms with Gasteiger partial charge in [-0.3, -0.25) is 4.79 Å². The number of ether oxygens (including phenoxy) is 1. The Bertz CT molecular complexity index is 144. The Morgan fingerprint density at radius 3 is 2.50 bits per heavy atom. The Kier molecular flexibility index (Phi) is 12.4. The Hall–Kier alpha value is -0.320. The average molecular weight is 226 g/mol. The molecule has 0 unspecified atom stereocenters. The maximum Gasteiger partial charge on any atom is 0.320 e. The number of hydrogen-bond donors (Lipinski definition) is 2. The van der Waals surface area contributed by atoms with E-state index < -0.39 is 12.0 Å². The van der Waals surface area contributed by atoms with Crippen molar-refractivity contribution in [2.75, 3.05) is 19.8 Å². The van der Waals surface area contributed by atoms with Crippen molar-refractivity contribution in [1.82, 2.24) is 5.32 Å². The first kappa shape index (κ1) is 16.1. The van der Waals surface area contributed by atoms with Gasteiger partial charge in [0.15, 0.2) is 0 Å². The van der Waals surface area contributed by atoms with Gasteiger partial charge in [0.25, 0.3) is 0 Å². The first-order valence-corrected chi connectivity index (χ1v) is 4.76. The fourth-order valence-electron chi connectivity index (χ4n) is 1.01. The molecule has 2 N–H and O–H groups in total. The van der Waals surface area contributed by atoms with E-state index in [9.17, 15) is 4.79 Å². The highest BCUT2D eigenvalue weighted by atomic mass is 35.5. The normalized spacial score (nSPS) is 11.9. The average Bonchev–Trinajstić information content (AvgIpc) is 2.10. The molecule has 86 valence electrons. The molecular formula is C9H20ClNO3. The number of carbonyl (C=O) groups is 1. The first-order chi connectivity index (χ1) is 6.22. The number of halogens is 1. The van der Waals surface area contributed by atoms with Crippen LogP contribution in [0, 0.1) is 0 Å². The Balaban J connectivity index is 0. The highest BCUT2D eigenvalue weighted by Crippen LogP contribution is 1.94. The van der Waals surface area contributed by atoms with Crippen LogP contribution in [-0.4, -0.2) is 36.9 Å². The largest absolute Gasteiger partial charge is 0.480 e. The van der Waals surface area contributed by atoms with Crippen molar-refractivity contribution < 1.29 is 14.6 Å². The van der Waals surface area contributed by atoms with E-state index in [1.807, 2.05) is 13.8 Å². The second-order valence-electron chi connectivity index (χ2n) is 2.85. The molecule has 0 radical (unpaired) electrons. The predicted octanol–water partition coefficient (Wildman–Crippen LogP) is 1.29. The summed E-state index contributed by atoms with van der Waals surface area (Å²) in [6.07, 6.45) is 1.50. The minimum absolute atomic E-state index is 0. The van der Waals surface area contributed by atoms with Crippen molar-refractivity contribution in [3.05, 3.63) is 0 Å². The van der Waals surface area contributed by atoms with Gasteiger partial charge >= 0.3 is 5.97 Å². The van der Waals surface area contributed by atoms with Gasteiger partial charge < -0.3 is 15.2 Å². The molecule has 0 aliphatic heterocycles. The van der Waals surface area contributed by atoms with Crippen LogP contribution in [0.4, 0.5) is 0 Å². The lowest BCUT2D eigenvalue weighted by Crippen LogP contribution is -2.37. The Labute approximate surface area is 91.4 Å². The molecule has 0 amide bonds. The highest BCUT2D eigenvalue weighted by Gasteiger charge is 2.14. The molecule has 0 fully saturated rings. The lowest BCUT2D eigenvalue weighted by Gasteiger charge is -2.12. The van der Waals surface area contributed by atoms with E-state index in [-0.39, 0.29) is 12.4 Å². The first-order valence-electron chi connectivity index (χ1n) is 4.76. The van der Waals surface area contributed by atoms with Crippen LogP contribution in [0.1, 0.15) is 26.7 Å². The number of rotatable bonds is 8. The van der Waals surface area contributed by atoms with E-state index in [0.717, 1.165) is 6.42 Å². The predicted molar refractivity (Wildman–Crippen MR) is 58.1 cm³/mol. The quantitative estimate of drug-likeness (QED) is 0.612. The molecule has 1 atom stereocenters. The minimum Gasteiger partial charge on any atom is -0.480 e. The summed E-state index contributed by atoms with van der Waals surface area (Å²) in [5.41, 5.74) is 0. The van der Waals surface area contributed by atoms with E-state index in [2.05, 4.69) is 5.32 Å². The van der Waals surface area contributed by atoms with Crippen molar-refractivity contribution in [3.63, 3.8) is 0 Å². The third-order valence-corrected chi connectivity index (χ3v) is 1.65. The van der Waals surface area contributed by atoms with Crippen LogP contribution < -0.4 is 5.32 Å². The van der Waals surface area contributed by atoms with E-state index in [0.29, 0.717) is 26.2 Å². The zero-order valence-corrected chi connectivity index (χ0v) is 9.60. The van der Waals surface area contributed by atoms with Crippen LogP contribution in [0.25, 0.3) is 0 Å². The number of likely N-dealkylation sites (N-methyl/N-ethyl adjacent to an activating group) is 1. The van der Waals surface area contributed by atoms with Crippen LogP contribution in [0.5, 0.6) is 0 Å². The van der Waals surface area contributed by atoms with Gasteiger partial charge in [0.05, 0.1) is 0 Å². The van der Waals surface area contributed by atoms with Crippen LogP contribution >= 0.6 is 12.4 Å². The monoisotopic (exact) mass is 225 g/mol. The molecule has 0 aromatic rings. The third kappa shape index (κ3) is 8.29. The van der Waals surface area contributed by atoms with Gasteiger partial charge in [0, 0.05) is 13.2 Å². The van der Waals surface area contributed by atoms with Gasteiger partial charge in [-0.1, -0.05) is 13.8 Å². The topological polar surface area (TPSA) is 58.6 Å². The number of hydrogen-bond acceptors (Lipinski definition) is 3. The van der Waals surface area contributed by atoms with Gasteiger partial charge in [-0.05, 0) is 19.4 Å². The molecule has 0 aliphatic rings. The molecule has 5 heteroatoms. The van der Waals surface area contributed by atoms with Gasteiger partial charge in [-0.25, -0.2) is 0 Å². The Morgan fingerprint density at radius 2 is 2.07 bits per heavy atom. The van der Waals surface area contributed by atoms with E-state index >= 15 is 0 Å². The second kappa shape index (κ2) is 10.8. The summed E-state index contributed by atoms with van der Waals surface area (Å²) in [4.78, 5) is 10.6. The molecule has 14 heavy (non-hydrogen) atoms. The van der Waals surface area contributed by atoms with Crippen molar-refractivity contribution in [2.24, 2.45) is 0 Å². The molecule has 0 rings (SSSR count).